The summed E-state index contributed by atoms with van der Waals surface area (Å²) in [6.45, 7) is 5.79. The minimum atomic E-state index is 0. The number of aryl methyl sites for hydroxylation is 1. The second kappa shape index (κ2) is 5.96. The molecule has 0 saturated carbocycles. The molecule has 0 bridgehead atoms. The smallest absolute Gasteiger partial charge is 0.197 e. The van der Waals surface area contributed by atoms with Gasteiger partial charge in [0.15, 0.2) is 5.96 Å². The number of anilines is 1. The van der Waals surface area contributed by atoms with E-state index in [9.17, 15) is 0 Å². The quantitative estimate of drug-likeness (QED) is 0.892. The summed E-state index contributed by atoms with van der Waals surface area (Å²) < 4.78 is 1.92. The first-order valence-electron chi connectivity index (χ1n) is 6.42. The molecular formula is C14H18ClN5. The minimum absolute atomic E-state index is 0. The highest BCUT2D eigenvalue weighted by Crippen LogP contribution is 2.22. The first kappa shape index (κ1) is 14.4. The molecule has 2 aromatic rings. The van der Waals surface area contributed by atoms with E-state index in [0.29, 0.717) is 0 Å². The predicted molar refractivity (Wildman–Crippen MR) is 84.2 cm³/mol. The van der Waals surface area contributed by atoms with Crippen LogP contribution in [0.5, 0.6) is 0 Å². The van der Waals surface area contributed by atoms with Gasteiger partial charge in [0.1, 0.15) is 5.82 Å². The predicted octanol–water partition coefficient (Wildman–Crippen LogP) is 2.28. The lowest BCUT2D eigenvalue weighted by Crippen LogP contribution is -2.27. The number of halogens is 1. The average Bonchev–Trinajstić information content (AvgIpc) is 3.04. The number of aliphatic imine (C=N–C) groups is 1. The summed E-state index contributed by atoms with van der Waals surface area (Å²) in [4.78, 5) is 4.37. The first-order valence-corrected chi connectivity index (χ1v) is 6.42. The maximum absolute atomic E-state index is 4.59. The molecule has 106 valence electrons. The largest absolute Gasteiger partial charge is 0.354 e. The Balaban J connectivity index is 0.00000147. The van der Waals surface area contributed by atoms with Gasteiger partial charge in [-0.3, -0.25) is 4.99 Å². The third-order valence-corrected chi connectivity index (χ3v) is 3.27. The maximum Gasteiger partial charge on any atom is 0.197 e. The van der Waals surface area contributed by atoms with Crippen molar-refractivity contribution < 1.29 is 0 Å². The Bertz CT molecular complexity index is 618. The highest BCUT2D eigenvalue weighted by Gasteiger charge is 2.15. The van der Waals surface area contributed by atoms with Crippen LogP contribution in [0.3, 0.4) is 0 Å². The van der Waals surface area contributed by atoms with Gasteiger partial charge in [0, 0.05) is 12.1 Å². The number of rotatable bonds is 2. The molecule has 20 heavy (non-hydrogen) atoms. The van der Waals surface area contributed by atoms with Crippen molar-refractivity contribution in [2.45, 2.75) is 13.8 Å². The van der Waals surface area contributed by atoms with Gasteiger partial charge in [-0.25, -0.2) is 4.68 Å². The number of guanidine groups is 1. The van der Waals surface area contributed by atoms with Crippen LogP contribution in [0, 0.1) is 13.8 Å². The molecule has 0 spiro atoms. The van der Waals surface area contributed by atoms with E-state index in [1.165, 1.54) is 0 Å². The summed E-state index contributed by atoms with van der Waals surface area (Å²) in [5.74, 6) is 1.79. The molecule has 0 aliphatic carbocycles. The summed E-state index contributed by atoms with van der Waals surface area (Å²) >= 11 is 0. The molecule has 0 saturated heterocycles. The van der Waals surface area contributed by atoms with Crippen molar-refractivity contribution in [3.63, 3.8) is 0 Å². The molecule has 1 aliphatic rings. The molecule has 1 aromatic heterocycles. The second-order valence-electron chi connectivity index (χ2n) is 4.59. The Kier molecular flexibility index (Phi) is 4.29. The van der Waals surface area contributed by atoms with Gasteiger partial charge in [0.25, 0.3) is 0 Å². The van der Waals surface area contributed by atoms with Crippen molar-refractivity contribution in [1.29, 1.82) is 0 Å². The number of benzene rings is 1. The van der Waals surface area contributed by atoms with Gasteiger partial charge in [-0.2, -0.15) is 5.10 Å². The fraction of sp³-hybridized carbons (Fsp3) is 0.286. The molecule has 1 aromatic carbocycles. The molecule has 0 amide bonds. The van der Waals surface area contributed by atoms with Crippen LogP contribution in [0.2, 0.25) is 0 Å². The van der Waals surface area contributed by atoms with E-state index in [-0.39, 0.29) is 12.4 Å². The molecular weight excluding hydrogens is 274 g/mol. The van der Waals surface area contributed by atoms with Gasteiger partial charge >= 0.3 is 0 Å². The van der Waals surface area contributed by atoms with Gasteiger partial charge < -0.3 is 10.6 Å². The van der Waals surface area contributed by atoms with Crippen LogP contribution in [0.4, 0.5) is 5.82 Å². The van der Waals surface area contributed by atoms with E-state index >= 15 is 0 Å². The van der Waals surface area contributed by atoms with E-state index in [0.717, 1.165) is 41.8 Å². The van der Waals surface area contributed by atoms with Crippen molar-refractivity contribution in [2.75, 3.05) is 18.4 Å². The van der Waals surface area contributed by atoms with Crippen molar-refractivity contribution in [3.05, 3.63) is 41.6 Å². The van der Waals surface area contributed by atoms with Crippen molar-refractivity contribution >= 4 is 24.2 Å². The highest BCUT2D eigenvalue weighted by atomic mass is 35.5. The molecule has 0 radical (unpaired) electrons. The second-order valence-corrected chi connectivity index (χ2v) is 4.59. The molecule has 2 heterocycles. The van der Waals surface area contributed by atoms with Gasteiger partial charge in [-0.15, -0.1) is 12.4 Å². The van der Waals surface area contributed by atoms with Gasteiger partial charge in [-0.05, 0) is 26.0 Å². The third-order valence-electron chi connectivity index (χ3n) is 3.27. The topological polar surface area (TPSA) is 54.2 Å². The zero-order valence-electron chi connectivity index (χ0n) is 11.6. The van der Waals surface area contributed by atoms with Crippen LogP contribution in [0.1, 0.15) is 11.3 Å². The maximum atomic E-state index is 4.59. The van der Waals surface area contributed by atoms with E-state index in [1.54, 1.807) is 0 Å². The molecule has 6 heteroatoms. The summed E-state index contributed by atoms with van der Waals surface area (Å²) in [5.41, 5.74) is 3.20. The number of hydrogen-bond donors (Lipinski definition) is 2. The number of hydrogen-bond acceptors (Lipinski definition) is 4. The lowest BCUT2D eigenvalue weighted by Gasteiger charge is -2.11. The number of nitrogens with zero attached hydrogens (tertiary/aromatic N) is 3. The van der Waals surface area contributed by atoms with Gasteiger partial charge in [0.05, 0.1) is 17.9 Å². The standard InChI is InChI=1S/C14H17N5.ClH/c1-10-11(2)18-19(12-6-4-3-5-7-12)13(10)17-14-15-8-9-16-14;/h3-7H,8-9H2,1-2H3,(H2,15,16,17);1H. The summed E-state index contributed by atoms with van der Waals surface area (Å²) in [6.07, 6.45) is 0. The first-order chi connectivity index (χ1) is 9.25. The van der Waals surface area contributed by atoms with Gasteiger partial charge in [-0.1, -0.05) is 18.2 Å². The Labute approximate surface area is 124 Å². The summed E-state index contributed by atoms with van der Waals surface area (Å²) in [6, 6.07) is 10.1. The lowest BCUT2D eigenvalue weighted by molar-refractivity contribution is 0.869. The Morgan fingerprint density at radius 3 is 2.60 bits per heavy atom. The van der Waals surface area contributed by atoms with Crippen molar-refractivity contribution in [1.82, 2.24) is 15.1 Å². The van der Waals surface area contributed by atoms with Crippen LogP contribution in [-0.2, 0) is 0 Å². The van der Waals surface area contributed by atoms with Crippen LogP contribution in [-0.4, -0.2) is 28.8 Å². The Morgan fingerprint density at radius 1 is 1.20 bits per heavy atom. The number of aromatic nitrogens is 2. The van der Waals surface area contributed by atoms with E-state index in [4.69, 9.17) is 0 Å². The normalized spacial score (nSPS) is 13.4. The number of para-hydroxylation sites is 1. The average molecular weight is 292 g/mol. The zero-order chi connectivity index (χ0) is 13.2. The molecule has 3 rings (SSSR count). The minimum Gasteiger partial charge on any atom is -0.354 e. The lowest BCUT2D eigenvalue weighted by atomic mass is 10.2. The fourth-order valence-electron chi connectivity index (χ4n) is 2.10. The molecule has 0 atom stereocenters. The fourth-order valence-corrected chi connectivity index (χ4v) is 2.10. The summed E-state index contributed by atoms with van der Waals surface area (Å²) in [7, 11) is 0. The van der Waals surface area contributed by atoms with Crippen LogP contribution < -0.4 is 10.6 Å². The molecule has 5 nitrogen and oxygen atoms in total. The molecule has 0 fully saturated rings. The van der Waals surface area contributed by atoms with Gasteiger partial charge in [0.2, 0.25) is 0 Å². The third kappa shape index (κ3) is 2.63. The SMILES string of the molecule is Cc1nn(-c2ccccc2)c(NC2=NCCN2)c1C.Cl. The molecule has 0 unspecified atom stereocenters. The highest BCUT2D eigenvalue weighted by molar-refractivity contribution is 5.94. The van der Waals surface area contributed by atoms with Crippen LogP contribution in [0.15, 0.2) is 35.3 Å². The van der Waals surface area contributed by atoms with Crippen molar-refractivity contribution in [2.24, 2.45) is 4.99 Å². The Morgan fingerprint density at radius 2 is 1.95 bits per heavy atom. The van der Waals surface area contributed by atoms with Crippen LogP contribution in [0.25, 0.3) is 5.69 Å². The Hall–Kier alpha value is -2.01. The van der Waals surface area contributed by atoms with Crippen molar-refractivity contribution in [3.8, 4) is 5.69 Å². The zero-order valence-corrected chi connectivity index (χ0v) is 12.4. The number of nitrogens with one attached hydrogen (secondary N) is 2. The van der Waals surface area contributed by atoms with Crippen LogP contribution >= 0.6 is 12.4 Å². The van der Waals surface area contributed by atoms with E-state index in [2.05, 4.69) is 27.6 Å². The molecule has 1 aliphatic heterocycles. The summed E-state index contributed by atoms with van der Waals surface area (Å²) in [5, 5.41) is 11.1. The van der Waals surface area contributed by atoms with E-state index in [1.807, 2.05) is 41.9 Å². The monoisotopic (exact) mass is 291 g/mol. The molecule has 2 N–H and O–H groups in total. The van der Waals surface area contributed by atoms with E-state index < -0.39 is 0 Å².